The molecule has 1 rings (SSSR count). The minimum Gasteiger partial charge on any atom is -0.388 e. The molecule has 0 radical (unpaired) electrons. The standard InChI is InChI=1S/C13H17F2NO3/c1-13(18,5-6-19-2)8-16-12(17)10-4-3-9(14)7-11(10)15/h3-4,7,18H,5-6,8H2,1-2H3,(H,16,17). The lowest BCUT2D eigenvalue weighted by molar-refractivity contribution is 0.0243. The van der Waals surface area contributed by atoms with E-state index in [4.69, 9.17) is 4.74 Å². The van der Waals surface area contributed by atoms with Gasteiger partial charge in [0.2, 0.25) is 0 Å². The van der Waals surface area contributed by atoms with Crippen molar-refractivity contribution < 1.29 is 23.4 Å². The fourth-order valence-corrected chi connectivity index (χ4v) is 1.45. The molecule has 1 unspecified atom stereocenters. The van der Waals surface area contributed by atoms with Crippen LogP contribution in [0.2, 0.25) is 0 Å². The number of carbonyl (C=O) groups is 1. The van der Waals surface area contributed by atoms with Gasteiger partial charge in [0.05, 0.1) is 11.2 Å². The smallest absolute Gasteiger partial charge is 0.254 e. The Morgan fingerprint density at radius 1 is 1.47 bits per heavy atom. The van der Waals surface area contributed by atoms with Crippen LogP contribution >= 0.6 is 0 Å². The van der Waals surface area contributed by atoms with Crippen molar-refractivity contribution in [1.29, 1.82) is 0 Å². The highest BCUT2D eigenvalue weighted by atomic mass is 19.1. The molecule has 0 aliphatic rings. The molecule has 0 bridgehead atoms. The number of methoxy groups -OCH3 is 1. The number of amides is 1. The Balaban J connectivity index is 2.60. The fraction of sp³-hybridized carbons (Fsp3) is 0.462. The van der Waals surface area contributed by atoms with Gasteiger partial charge in [0.1, 0.15) is 11.6 Å². The summed E-state index contributed by atoms with van der Waals surface area (Å²) in [5.74, 6) is -2.38. The fourth-order valence-electron chi connectivity index (χ4n) is 1.45. The Morgan fingerprint density at radius 3 is 2.74 bits per heavy atom. The second-order valence-corrected chi connectivity index (χ2v) is 4.55. The summed E-state index contributed by atoms with van der Waals surface area (Å²) in [7, 11) is 1.50. The van der Waals surface area contributed by atoms with Gasteiger partial charge < -0.3 is 15.2 Å². The summed E-state index contributed by atoms with van der Waals surface area (Å²) < 4.78 is 30.9. The Bertz CT molecular complexity index is 450. The first-order valence-electron chi connectivity index (χ1n) is 5.80. The van der Waals surface area contributed by atoms with Crippen LogP contribution in [0.15, 0.2) is 18.2 Å². The monoisotopic (exact) mass is 273 g/mol. The lowest BCUT2D eigenvalue weighted by Crippen LogP contribution is -2.41. The number of ether oxygens (including phenoxy) is 1. The van der Waals surface area contributed by atoms with Crippen LogP contribution in [0.3, 0.4) is 0 Å². The van der Waals surface area contributed by atoms with Crippen molar-refractivity contribution in [1.82, 2.24) is 5.32 Å². The van der Waals surface area contributed by atoms with Gasteiger partial charge in [-0.15, -0.1) is 0 Å². The van der Waals surface area contributed by atoms with Crippen molar-refractivity contribution in [2.75, 3.05) is 20.3 Å². The summed E-state index contributed by atoms with van der Waals surface area (Å²) in [6, 6.07) is 2.70. The minimum atomic E-state index is -1.15. The van der Waals surface area contributed by atoms with Crippen LogP contribution in [0.4, 0.5) is 8.78 Å². The molecule has 0 heterocycles. The lowest BCUT2D eigenvalue weighted by atomic mass is 10.0. The molecule has 0 aromatic heterocycles. The van der Waals surface area contributed by atoms with Crippen molar-refractivity contribution in [3.05, 3.63) is 35.4 Å². The van der Waals surface area contributed by atoms with E-state index in [0.29, 0.717) is 19.1 Å². The molecular formula is C13H17F2NO3. The van der Waals surface area contributed by atoms with Gasteiger partial charge in [-0.2, -0.15) is 0 Å². The third-order valence-electron chi connectivity index (χ3n) is 2.65. The molecule has 0 saturated heterocycles. The molecule has 6 heteroatoms. The second kappa shape index (κ2) is 6.58. The maximum atomic E-state index is 13.3. The number of carbonyl (C=O) groups excluding carboxylic acids is 1. The van der Waals surface area contributed by atoms with Crippen molar-refractivity contribution in [2.24, 2.45) is 0 Å². The molecule has 0 spiro atoms. The van der Waals surface area contributed by atoms with Crippen molar-refractivity contribution >= 4 is 5.91 Å². The van der Waals surface area contributed by atoms with Crippen molar-refractivity contribution in [3.8, 4) is 0 Å². The molecule has 2 N–H and O–H groups in total. The molecule has 0 aliphatic carbocycles. The van der Waals surface area contributed by atoms with Crippen LogP contribution in [0.5, 0.6) is 0 Å². The van der Waals surface area contributed by atoms with E-state index in [9.17, 15) is 18.7 Å². The molecule has 1 aromatic carbocycles. The molecule has 1 atom stereocenters. The quantitative estimate of drug-likeness (QED) is 0.825. The predicted octanol–water partition coefficient (Wildman–Crippen LogP) is 1.48. The number of hydrogen-bond acceptors (Lipinski definition) is 3. The van der Waals surface area contributed by atoms with Crippen LogP contribution in [0.25, 0.3) is 0 Å². The molecule has 4 nitrogen and oxygen atoms in total. The first kappa shape index (κ1) is 15.5. The van der Waals surface area contributed by atoms with E-state index in [-0.39, 0.29) is 12.1 Å². The summed E-state index contributed by atoms with van der Waals surface area (Å²) in [4.78, 5) is 11.7. The van der Waals surface area contributed by atoms with Crippen LogP contribution < -0.4 is 5.32 Å². The van der Waals surface area contributed by atoms with E-state index >= 15 is 0 Å². The maximum Gasteiger partial charge on any atom is 0.254 e. The molecule has 1 amide bonds. The van der Waals surface area contributed by atoms with Crippen LogP contribution in [-0.2, 0) is 4.74 Å². The highest BCUT2D eigenvalue weighted by Crippen LogP contribution is 2.11. The summed E-state index contributed by atoms with van der Waals surface area (Å²) in [6.45, 7) is 1.83. The van der Waals surface area contributed by atoms with Gasteiger partial charge in [-0.25, -0.2) is 8.78 Å². The number of halogens is 2. The average molecular weight is 273 g/mol. The lowest BCUT2D eigenvalue weighted by Gasteiger charge is -2.23. The first-order valence-corrected chi connectivity index (χ1v) is 5.80. The number of rotatable bonds is 6. The van der Waals surface area contributed by atoms with Gasteiger partial charge in [-0.05, 0) is 19.1 Å². The van der Waals surface area contributed by atoms with E-state index in [0.717, 1.165) is 12.1 Å². The van der Waals surface area contributed by atoms with Crippen molar-refractivity contribution in [2.45, 2.75) is 18.9 Å². The molecule has 19 heavy (non-hydrogen) atoms. The zero-order valence-corrected chi connectivity index (χ0v) is 10.9. The minimum absolute atomic E-state index is 0.0496. The van der Waals surface area contributed by atoms with E-state index < -0.39 is 23.1 Å². The van der Waals surface area contributed by atoms with E-state index in [1.807, 2.05) is 0 Å². The number of benzene rings is 1. The highest BCUT2D eigenvalue weighted by Gasteiger charge is 2.22. The number of hydrogen-bond donors (Lipinski definition) is 2. The molecule has 0 aliphatic heterocycles. The second-order valence-electron chi connectivity index (χ2n) is 4.55. The summed E-state index contributed by atoms with van der Waals surface area (Å²) >= 11 is 0. The van der Waals surface area contributed by atoms with Gasteiger partial charge in [0.25, 0.3) is 5.91 Å². The van der Waals surface area contributed by atoms with E-state index in [1.165, 1.54) is 14.0 Å². The number of aliphatic hydroxyl groups is 1. The highest BCUT2D eigenvalue weighted by molar-refractivity contribution is 5.94. The van der Waals surface area contributed by atoms with E-state index in [1.54, 1.807) is 0 Å². The molecule has 106 valence electrons. The topological polar surface area (TPSA) is 58.6 Å². The van der Waals surface area contributed by atoms with Crippen molar-refractivity contribution in [3.63, 3.8) is 0 Å². The normalized spacial score (nSPS) is 13.9. The Morgan fingerprint density at radius 2 is 2.16 bits per heavy atom. The summed E-state index contributed by atoms with van der Waals surface area (Å²) in [5.41, 5.74) is -1.41. The van der Waals surface area contributed by atoms with Crippen LogP contribution in [0.1, 0.15) is 23.7 Å². The SMILES string of the molecule is COCCC(C)(O)CNC(=O)c1ccc(F)cc1F. The Labute approximate surface area is 110 Å². The van der Waals surface area contributed by atoms with Gasteiger partial charge in [0.15, 0.2) is 0 Å². The molecule has 0 fully saturated rings. The molecular weight excluding hydrogens is 256 g/mol. The third-order valence-corrected chi connectivity index (χ3v) is 2.65. The summed E-state index contributed by atoms with van der Waals surface area (Å²) in [6.07, 6.45) is 0.329. The zero-order chi connectivity index (χ0) is 14.5. The zero-order valence-electron chi connectivity index (χ0n) is 10.9. The summed E-state index contributed by atoms with van der Waals surface area (Å²) in [5, 5.41) is 12.3. The maximum absolute atomic E-state index is 13.3. The van der Waals surface area contributed by atoms with Gasteiger partial charge in [-0.3, -0.25) is 4.79 Å². The first-order chi connectivity index (χ1) is 8.85. The number of nitrogens with one attached hydrogen (secondary N) is 1. The molecule has 0 saturated carbocycles. The van der Waals surface area contributed by atoms with Gasteiger partial charge in [-0.1, -0.05) is 0 Å². The Hall–Kier alpha value is -1.53. The Kier molecular flexibility index (Phi) is 5.38. The molecule has 1 aromatic rings. The third kappa shape index (κ3) is 4.92. The van der Waals surface area contributed by atoms with Gasteiger partial charge >= 0.3 is 0 Å². The van der Waals surface area contributed by atoms with Crippen LogP contribution in [-0.4, -0.2) is 36.9 Å². The predicted molar refractivity (Wildman–Crippen MR) is 65.8 cm³/mol. The van der Waals surface area contributed by atoms with Gasteiger partial charge in [0, 0.05) is 32.7 Å². The average Bonchev–Trinajstić information content (AvgIpc) is 2.34. The van der Waals surface area contributed by atoms with Crippen LogP contribution in [0, 0.1) is 11.6 Å². The largest absolute Gasteiger partial charge is 0.388 e. The van der Waals surface area contributed by atoms with E-state index in [2.05, 4.69) is 5.32 Å².